The lowest BCUT2D eigenvalue weighted by Crippen LogP contribution is -2.31. The van der Waals surface area contributed by atoms with Crippen LogP contribution in [0.25, 0.3) is 0 Å². The Hall–Kier alpha value is -2.82. The molecule has 0 spiro atoms. The molecule has 1 N–H and O–H groups in total. The number of hydrogen-bond donors (Lipinski definition) is 1. The predicted octanol–water partition coefficient (Wildman–Crippen LogP) is 2.72. The number of rotatable bonds is 3. The lowest BCUT2D eigenvalue weighted by atomic mass is 10.1. The molecule has 0 aliphatic carbocycles. The van der Waals surface area contributed by atoms with E-state index in [1.807, 2.05) is 24.3 Å². The highest BCUT2D eigenvalue weighted by Crippen LogP contribution is 2.29. The van der Waals surface area contributed by atoms with Gasteiger partial charge in [-0.05, 0) is 36.2 Å². The minimum Gasteiger partial charge on any atom is -0.480 e. The summed E-state index contributed by atoms with van der Waals surface area (Å²) in [5, 5.41) is 2.83. The third kappa shape index (κ3) is 2.90. The van der Waals surface area contributed by atoms with E-state index in [-0.39, 0.29) is 5.91 Å². The third-order valence-corrected chi connectivity index (χ3v) is 3.94. The summed E-state index contributed by atoms with van der Waals surface area (Å²) in [4.78, 5) is 24.2. The highest BCUT2D eigenvalue weighted by molar-refractivity contribution is 5.98. The number of nitrogens with one attached hydrogen (secondary N) is 1. The SMILES string of the molecule is COC(=O)c1cccc(NC(=O)C2Cc3ccccc3O2)c1C. The number of amides is 1. The Balaban J connectivity index is 1.76. The number of para-hydroxylation sites is 1. The average Bonchev–Trinajstić information content (AvgIpc) is 3.00. The van der Waals surface area contributed by atoms with Gasteiger partial charge in [0.25, 0.3) is 5.91 Å². The molecular formula is C18H17NO4. The van der Waals surface area contributed by atoms with Gasteiger partial charge in [-0.15, -0.1) is 0 Å². The second-order valence-electron chi connectivity index (χ2n) is 5.38. The highest BCUT2D eigenvalue weighted by atomic mass is 16.5. The van der Waals surface area contributed by atoms with Crippen LogP contribution in [0.4, 0.5) is 5.69 Å². The molecule has 5 nitrogen and oxygen atoms in total. The standard InChI is InChI=1S/C18H17NO4/c1-11-13(18(21)22-2)7-5-8-14(11)19-17(20)16-10-12-6-3-4-9-15(12)23-16/h3-9,16H,10H2,1-2H3,(H,19,20). The topological polar surface area (TPSA) is 64.6 Å². The Morgan fingerprint density at radius 1 is 1.17 bits per heavy atom. The van der Waals surface area contributed by atoms with E-state index in [2.05, 4.69) is 5.32 Å². The average molecular weight is 311 g/mol. The van der Waals surface area contributed by atoms with Gasteiger partial charge in [0, 0.05) is 12.1 Å². The minimum absolute atomic E-state index is 0.230. The number of methoxy groups -OCH3 is 1. The van der Waals surface area contributed by atoms with Crippen LogP contribution in [0.15, 0.2) is 42.5 Å². The molecule has 1 aliphatic heterocycles. The van der Waals surface area contributed by atoms with Crippen LogP contribution in [0.3, 0.4) is 0 Å². The van der Waals surface area contributed by atoms with Crippen molar-refractivity contribution < 1.29 is 19.1 Å². The Labute approximate surface area is 134 Å². The first-order chi connectivity index (χ1) is 11.1. The minimum atomic E-state index is -0.561. The zero-order valence-corrected chi connectivity index (χ0v) is 13.0. The number of carbonyl (C=O) groups excluding carboxylic acids is 2. The second kappa shape index (κ2) is 6.12. The molecule has 2 aromatic rings. The lowest BCUT2D eigenvalue weighted by Gasteiger charge is -2.14. The van der Waals surface area contributed by atoms with Crippen LogP contribution in [-0.2, 0) is 16.0 Å². The number of esters is 1. The van der Waals surface area contributed by atoms with Gasteiger partial charge in [-0.1, -0.05) is 24.3 Å². The zero-order chi connectivity index (χ0) is 16.4. The van der Waals surface area contributed by atoms with Crippen LogP contribution in [0, 0.1) is 6.92 Å². The van der Waals surface area contributed by atoms with Crippen molar-refractivity contribution in [2.24, 2.45) is 0 Å². The normalized spacial score (nSPS) is 15.5. The Bertz CT molecular complexity index is 744. The molecule has 1 amide bonds. The van der Waals surface area contributed by atoms with Gasteiger partial charge in [0.05, 0.1) is 12.7 Å². The molecule has 0 radical (unpaired) electrons. The molecule has 1 aliphatic rings. The maximum Gasteiger partial charge on any atom is 0.338 e. The van der Waals surface area contributed by atoms with E-state index in [1.54, 1.807) is 25.1 Å². The predicted molar refractivity (Wildman–Crippen MR) is 85.7 cm³/mol. The van der Waals surface area contributed by atoms with Crippen molar-refractivity contribution in [1.82, 2.24) is 0 Å². The van der Waals surface area contributed by atoms with Crippen LogP contribution in [0.2, 0.25) is 0 Å². The van der Waals surface area contributed by atoms with E-state index in [1.165, 1.54) is 7.11 Å². The molecule has 23 heavy (non-hydrogen) atoms. The highest BCUT2D eigenvalue weighted by Gasteiger charge is 2.29. The maximum absolute atomic E-state index is 12.4. The van der Waals surface area contributed by atoms with Gasteiger partial charge in [0.2, 0.25) is 0 Å². The number of carbonyl (C=O) groups is 2. The fraction of sp³-hybridized carbons (Fsp3) is 0.222. The first-order valence-corrected chi connectivity index (χ1v) is 7.33. The molecule has 3 rings (SSSR count). The van der Waals surface area contributed by atoms with Crippen molar-refractivity contribution in [2.45, 2.75) is 19.4 Å². The first kappa shape index (κ1) is 15.1. The van der Waals surface area contributed by atoms with Crippen LogP contribution in [0.1, 0.15) is 21.5 Å². The van der Waals surface area contributed by atoms with Crippen molar-refractivity contribution >= 4 is 17.6 Å². The Morgan fingerprint density at radius 3 is 2.70 bits per heavy atom. The lowest BCUT2D eigenvalue weighted by molar-refractivity contribution is -0.122. The second-order valence-corrected chi connectivity index (χ2v) is 5.38. The number of anilines is 1. The summed E-state index contributed by atoms with van der Waals surface area (Å²) in [7, 11) is 1.33. The largest absolute Gasteiger partial charge is 0.480 e. The van der Waals surface area contributed by atoms with Gasteiger partial charge < -0.3 is 14.8 Å². The number of hydrogen-bond acceptors (Lipinski definition) is 4. The molecule has 0 aromatic heterocycles. The molecule has 5 heteroatoms. The van der Waals surface area contributed by atoms with Crippen LogP contribution < -0.4 is 10.1 Å². The van der Waals surface area contributed by atoms with E-state index < -0.39 is 12.1 Å². The summed E-state index contributed by atoms with van der Waals surface area (Å²) in [5.74, 6) is 0.0853. The van der Waals surface area contributed by atoms with Crippen molar-refractivity contribution in [3.8, 4) is 5.75 Å². The van der Waals surface area contributed by atoms with E-state index in [4.69, 9.17) is 9.47 Å². The van der Waals surface area contributed by atoms with E-state index >= 15 is 0 Å². The summed E-state index contributed by atoms with van der Waals surface area (Å²) in [6.07, 6.45) is -0.0221. The summed E-state index contributed by atoms with van der Waals surface area (Å²) in [5.41, 5.74) is 2.70. The van der Waals surface area contributed by atoms with Crippen LogP contribution >= 0.6 is 0 Å². The number of benzene rings is 2. The van der Waals surface area contributed by atoms with Gasteiger partial charge >= 0.3 is 5.97 Å². The monoisotopic (exact) mass is 311 g/mol. The molecule has 0 fully saturated rings. The van der Waals surface area contributed by atoms with E-state index in [0.717, 1.165) is 11.3 Å². The van der Waals surface area contributed by atoms with E-state index in [9.17, 15) is 9.59 Å². The summed E-state index contributed by atoms with van der Waals surface area (Å²) in [6, 6.07) is 12.7. The van der Waals surface area contributed by atoms with Gasteiger partial charge in [-0.2, -0.15) is 0 Å². The fourth-order valence-corrected chi connectivity index (χ4v) is 2.64. The molecule has 0 bridgehead atoms. The molecule has 1 unspecified atom stereocenters. The van der Waals surface area contributed by atoms with Crippen molar-refractivity contribution in [1.29, 1.82) is 0 Å². The fourth-order valence-electron chi connectivity index (χ4n) is 2.64. The summed E-state index contributed by atoms with van der Waals surface area (Å²) in [6.45, 7) is 1.77. The maximum atomic E-state index is 12.4. The molecule has 0 saturated carbocycles. The van der Waals surface area contributed by atoms with Crippen LogP contribution in [0.5, 0.6) is 5.75 Å². The van der Waals surface area contributed by atoms with Gasteiger partial charge in [0.15, 0.2) is 6.10 Å². The number of fused-ring (bicyclic) bond motifs is 1. The Morgan fingerprint density at radius 2 is 1.96 bits per heavy atom. The molecular weight excluding hydrogens is 294 g/mol. The molecule has 1 heterocycles. The van der Waals surface area contributed by atoms with Gasteiger partial charge in [-0.3, -0.25) is 4.79 Å². The molecule has 0 saturated heterocycles. The number of ether oxygens (including phenoxy) is 2. The summed E-state index contributed by atoms with van der Waals surface area (Å²) >= 11 is 0. The molecule has 118 valence electrons. The van der Waals surface area contributed by atoms with Crippen molar-refractivity contribution in [3.05, 3.63) is 59.2 Å². The third-order valence-electron chi connectivity index (χ3n) is 3.94. The summed E-state index contributed by atoms with van der Waals surface area (Å²) < 4.78 is 10.4. The quantitative estimate of drug-likeness (QED) is 0.885. The van der Waals surface area contributed by atoms with Crippen LogP contribution in [-0.4, -0.2) is 25.1 Å². The van der Waals surface area contributed by atoms with Crippen molar-refractivity contribution in [2.75, 3.05) is 12.4 Å². The molecule has 2 aromatic carbocycles. The van der Waals surface area contributed by atoms with Gasteiger partial charge in [0.1, 0.15) is 5.75 Å². The Kier molecular flexibility index (Phi) is 4.02. The molecule has 1 atom stereocenters. The van der Waals surface area contributed by atoms with E-state index in [0.29, 0.717) is 23.2 Å². The van der Waals surface area contributed by atoms with Gasteiger partial charge in [-0.25, -0.2) is 4.79 Å². The smallest absolute Gasteiger partial charge is 0.338 e. The van der Waals surface area contributed by atoms with Crippen molar-refractivity contribution in [3.63, 3.8) is 0 Å². The zero-order valence-electron chi connectivity index (χ0n) is 13.0. The first-order valence-electron chi connectivity index (χ1n) is 7.33.